The molecule has 2 aromatic rings. The number of aryl methyl sites for hydroxylation is 1. The number of hydrogen-bond donors (Lipinski definition) is 1. The molecule has 0 amide bonds. The van der Waals surface area contributed by atoms with Crippen LogP contribution >= 0.6 is 0 Å². The lowest BCUT2D eigenvalue weighted by atomic mass is 10.2. The Morgan fingerprint density at radius 2 is 2.17 bits per heavy atom. The fourth-order valence-electron chi connectivity index (χ4n) is 1.76. The Bertz CT molecular complexity index is 493. The smallest absolute Gasteiger partial charge is 0.124 e. The highest BCUT2D eigenvalue weighted by molar-refractivity contribution is 5.33. The minimum absolute atomic E-state index is 0.553. The van der Waals surface area contributed by atoms with Gasteiger partial charge in [0.1, 0.15) is 12.4 Å². The number of benzene rings is 1. The first-order valence-electron chi connectivity index (χ1n) is 6.18. The summed E-state index contributed by atoms with van der Waals surface area (Å²) in [6.07, 6.45) is 3.79. The van der Waals surface area contributed by atoms with Crippen LogP contribution < -0.4 is 10.1 Å². The Labute approximate surface area is 108 Å². The van der Waals surface area contributed by atoms with E-state index in [0.717, 1.165) is 24.4 Å². The predicted molar refractivity (Wildman–Crippen MR) is 71.4 cm³/mol. The highest BCUT2D eigenvalue weighted by Gasteiger charge is 2.03. The molecule has 0 aliphatic rings. The van der Waals surface area contributed by atoms with Gasteiger partial charge in [-0.25, -0.2) is 0 Å². The van der Waals surface area contributed by atoms with Crippen LogP contribution in [0.3, 0.4) is 0 Å². The van der Waals surface area contributed by atoms with Crippen molar-refractivity contribution in [2.45, 2.75) is 20.1 Å². The molecule has 96 valence electrons. The van der Waals surface area contributed by atoms with Crippen LogP contribution in [0.4, 0.5) is 0 Å². The minimum Gasteiger partial charge on any atom is -0.488 e. The van der Waals surface area contributed by atoms with E-state index in [9.17, 15) is 0 Å². The van der Waals surface area contributed by atoms with Crippen LogP contribution in [0.1, 0.15) is 18.1 Å². The third-order valence-electron chi connectivity index (χ3n) is 2.69. The maximum absolute atomic E-state index is 5.84. The van der Waals surface area contributed by atoms with Crippen molar-refractivity contribution in [3.63, 3.8) is 0 Å². The topological polar surface area (TPSA) is 39.1 Å². The molecular weight excluding hydrogens is 226 g/mol. The summed E-state index contributed by atoms with van der Waals surface area (Å²) in [5.74, 6) is 0.933. The van der Waals surface area contributed by atoms with Crippen molar-refractivity contribution in [1.29, 1.82) is 0 Å². The molecule has 0 aliphatic carbocycles. The number of ether oxygens (including phenoxy) is 1. The van der Waals surface area contributed by atoms with E-state index in [2.05, 4.69) is 23.4 Å². The number of rotatable bonds is 6. The molecule has 0 saturated heterocycles. The lowest BCUT2D eigenvalue weighted by Gasteiger charge is -2.10. The van der Waals surface area contributed by atoms with E-state index in [1.54, 1.807) is 4.68 Å². The molecule has 0 radical (unpaired) electrons. The van der Waals surface area contributed by atoms with Gasteiger partial charge in [0.15, 0.2) is 0 Å². The zero-order valence-corrected chi connectivity index (χ0v) is 10.9. The van der Waals surface area contributed by atoms with E-state index in [1.165, 1.54) is 5.56 Å². The summed E-state index contributed by atoms with van der Waals surface area (Å²) in [7, 11) is 1.91. The monoisotopic (exact) mass is 245 g/mol. The van der Waals surface area contributed by atoms with Gasteiger partial charge in [-0.05, 0) is 12.6 Å². The van der Waals surface area contributed by atoms with Gasteiger partial charge in [-0.3, -0.25) is 4.68 Å². The number of aromatic nitrogens is 2. The summed E-state index contributed by atoms with van der Waals surface area (Å²) in [6.45, 7) is 4.44. The Balaban J connectivity index is 1.99. The maximum Gasteiger partial charge on any atom is 0.124 e. The predicted octanol–water partition coefficient (Wildman–Crippen LogP) is 2.11. The summed E-state index contributed by atoms with van der Waals surface area (Å²) in [5.41, 5.74) is 2.26. The summed E-state index contributed by atoms with van der Waals surface area (Å²) in [6, 6.07) is 8.11. The first kappa shape index (κ1) is 12.6. The zero-order chi connectivity index (χ0) is 12.8. The Morgan fingerprint density at radius 1 is 1.33 bits per heavy atom. The van der Waals surface area contributed by atoms with Crippen LogP contribution in [0.2, 0.25) is 0 Å². The third kappa shape index (κ3) is 3.34. The van der Waals surface area contributed by atoms with Gasteiger partial charge < -0.3 is 10.1 Å². The molecule has 0 unspecified atom stereocenters. The normalized spacial score (nSPS) is 10.6. The molecule has 0 spiro atoms. The summed E-state index contributed by atoms with van der Waals surface area (Å²) in [5, 5.41) is 7.44. The Hall–Kier alpha value is -1.81. The Morgan fingerprint density at radius 3 is 2.89 bits per heavy atom. The zero-order valence-electron chi connectivity index (χ0n) is 10.9. The fraction of sp³-hybridized carbons (Fsp3) is 0.357. The molecule has 1 N–H and O–H groups in total. The van der Waals surface area contributed by atoms with Crippen LogP contribution in [0.5, 0.6) is 5.75 Å². The number of para-hydroxylation sites is 1. The van der Waals surface area contributed by atoms with Crippen molar-refractivity contribution < 1.29 is 4.74 Å². The van der Waals surface area contributed by atoms with E-state index in [1.807, 2.05) is 37.6 Å². The van der Waals surface area contributed by atoms with E-state index < -0.39 is 0 Å². The molecule has 0 aliphatic heterocycles. The lowest BCUT2D eigenvalue weighted by molar-refractivity contribution is 0.302. The molecule has 0 bridgehead atoms. The molecule has 0 atom stereocenters. The van der Waals surface area contributed by atoms with Gasteiger partial charge in [0.25, 0.3) is 0 Å². The maximum atomic E-state index is 5.84. The fourth-order valence-corrected chi connectivity index (χ4v) is 1.76. The van der Waals surface area contributed by atoms with Crippen LogP contribution in [0.15, 0.2) is 36.7 Å². The number of nitrogens with one attached hydrogen (secondary N) is 1. The van der Waals surface area contributed by atoms with E-state index in [4.69, 9.17) is 4.74 Å². The highest BCUT2D eigenvalue weighted by atomic mass is 16.5. The quantitative estimate of drug-likeness (QED) is 0.847. The van der Waals surface area contributed by atoms with Gasteiger partial charge >= 0.3 is 0 Å². The second kappa shape index (κ2) is 6.21. The molecular formula is C14H19N3O. The summed E-state index contributed by atoms with van der Waals surface area (Å²) in [4.78, 5) is 0. The number of nitrogens with zero attached hydrogens (tertiary/aromatic N) is 2. The average Bonchev–Trinajstić information content (AvgIpc) is 2.81. The van der Waals surface area contributed by atoms with Crippen LogP contribution in [-0.2, 0) is 20.2 Å². The van der Waals surface area contributed by atoms with Crippen molar-refractivity contribution >= 4 is 0 Å². The summed E-state index contributed by atoms with van der Waals surface area (Å²) >= 11 is 0. The van der Waals surface area contributed by atoms with Gasteiger partial charge in [-0.1, -0.05) is 25.1 Å². The second-order valence-corrected chi connectivity index (χ2v) is 4.20. The average molecular weight is 245 g/mol. The van der Waals surface area contributed by atoms with Gasteiger partial charge in [0, 0.05) is 30.9 Å². The molecule has 1 heterocycles. The van der Waals surface area contributed by atoms with Crippen molar-refractivity contribution in [3.05, 3.63) is 47.8 Å². The van der Waals surface area contributed by atoms with Crippen molar-refractivity contribution in [3.8, 4) is 5.75 Å². The van der Waals surface area contributed by atoms with Gasteiger partial charge in [0.05, 0.1) is 6.20 Å². The highest BCUT2D eigenvalue weighted by Crippen LogP contribution is 2.19. The molecule has 2 rings (SSSR count). The van der Waals surface area contributed by atoms with Gasteiger partial charge in [-0.15, -0.1) is 0 Å². The largest absolute Gasteiger partial charge is 0.488 e. The second-order valence-electron chi connectivity index (χ2n) is 4.20. The van der Waals surface area contributed by atoms with Crippen LogP contribution in [0, 0.1) is 0 Å². The molecule has 0 fully saturated rings. The van der Waals surface area contributed by atoms with Gasteiger partial charge in [-0.2, -0.15) is 5.10 Å². The SMILES string of the molecule is CCNCc1ccccc1OCc1cnn(C)c1. The minimum atomic E-state index is 0.553. The number of hydrogen-bond acceptors (Lipinski definition) is 3. The molecule has 1 aromatic carbocycles. The van der Waals surface area contributed by atoms with Crippen molar-refractivity contribution in [2.24, 2.45) is 7.05 Å². The van der Waals surface area contributed by atoms with Crippen LogP contribution in [0.25, 0.3) is 0 Å². The molecule has 4 nitrogen and oxygen atoms in total. The molecule has 18 heavy (non-hydrogen) atoms. The third-order valence-corrected chi connectivity index (χ3v) is 2.69. The van der Waals surface area contributed by atoms with Gasteiger partial charge in [0.2, 0.25) is 0 Å². The van der Waals surface area contributed by atoms with E-state index >= 15 is 0 Å². The first-order chi connectivity index (χ1) is 8.79. The first-order valence-corrected chi connectivity index (χ1v) is 6.18. The summed E-state index contributed by atoms with van der Waals surface area (Å²) < 4.78 is 7.62. The molecule has 0 saturated carbocycles. The standard InChI is InChI=1S/C14H19N3O/c1-3-15-9-13-6-4-5-7-14(13)18-11-12-8-16-17(2)10-12/h4-8,10,15H,3,9,11H2,1-2H3. The molecule has 1 aromatic heterocycles. The van der Waals surface area contributed by atoms with Crippen molar-refractivity contribution in [2.75, 3.05) is 6.54 Å². The van der Waals surface area contributed by atoms with Crippen molar-refractivity contribution in [1.82, 2.24) is 15.1 Å². The lowest BCUT2D eigenvalue weighted by Crippen LogP contribution is -2.12. The van der Waals surface area contributed by atoms with Crippen LogP contribution in [-0.4, -0.2) is 16.3 Å². The Kier molecular flexibility index (Phi) is 4.36. The molecule has 4 heteroatoms. The van der Waals surface area contributed by atoms with E-state index in [-0.39, 0.29) is 0 Å². The van der Waals surface area contributed by atoms with E-state index in [0.29, 0.717) is 6.61 Å².